The number of halogens is 8. The lowest BCUT2D eigenvalue weighted by Crippen LogP contribution is -2.06. The third-order valence-corrected chi connectivity index (χ3v) is 9.26. The van der Waals surface area contributed by atoms with E-state index in [0.717, 1.165) is 38.2 Å². The smallest absolute Gasteiger partial charge is 0.200 e. The van der Waals surface area contributed by atoms with Crippen LogP contribution in [0.4, 0.5) is 35.1 Å². The Hall–Kier alpha value is -4.48. The van der Waals surface area contributed by atoms with E-state index in [2.05, 4.69) is 6.92 Å². The van der Waals surface area contributed by atoms with Gasteiger partial charge in [0.15, 0.2) is 46.3 Å². The summed E-state index contributed by atoms with van der Waals surface area (Å²) in [7, 11) is 0. The Balaban J connectivity index is 1.13. The molecule has 4 aromatic rings. The zero-order valence-electron chi connectivity index (χ0n) is 29.8. The first kappa shape index (κ1) is 41.3. The van der Waals surface area contributed by atoms with Gasteiger partial charge in [0.05, 0.1) is 19.8 Å². The summed E-state index contributed by atoms with van der Waals surface area (Å²) in [5.74, 6) is -10.4. The van der Waals surface area contributed by atoms with E-state index in [4.69, 9.17) is 14.2 Å². The van der Waals surface area contributed by atoms with Crippen LogP contribution < -0.4 is 14.2 Å². The number of aromatic hydroxyl groups is 1. The van der Waals surface area contributed by atoms with Crippen LogP contribution in [0, 0.1) is 52.5 Å². The lowest BCUT2D eigenvalue weighted by molar-refractivity contribution is 0.269. The van der Waals surface area contributed by atoms with Crippen LogP contribution in [-0.4, -0.2) is 24.9 Å². The predicted molar refractivity (Wildman–Crippen MR) is 186 cm³/mol. The van der Waals surface area contributed by atoms with Crippen LogP contribution in [-0.2, 0) is 25.7 Å². The molecule has 1 unspecified atom stereocenters. The summed E-state index contributed by atoms with van der Waals surface area (Å²) in [4.78, 5) is 0. The number of benzene rings is 4. The maximum atomic E-state index is 14.8. The second-order valence-electron chi connectivity index (χ2n) is 12.8. The average molecular weight is 753 g/mol. The van der Waals surface area contributed by atoms with E-state index in [1.54, 1.807) is 6.92 Å². The van der Waals surface area contributed by atoms with Crippen molar-refractivity contribution in [3.05, 3.63) is 117 Å². The van der Waals surface area contributed by atoms with E-state index in [1.165, 1.54) is 42.5 Å². The van der Waals surface area contributed by atoms with Gasteiger partial charge < -0.3 is 19.3 Å². The molecule has 0 amide bonds. The molecular formula is C41H44F8O4. The fraction of sp³-hybridized carbons (Fsp3) is 0.415. The molecule has 4 aromatic carbocycles. The van der Waals surface area contributed by atoms with Crippen molar-refractivity contribution in [2.24, 2.45) is 5.92 Å². The maximum absolute atomic E-state index is 14.8. The van der Waals surface area contributed by atoms with E-state index >= 15 is 0 Å². The second kappa shape index (κ2) is 20.1. The molecule has 4 rings (SSSR count). The van der Waals surface area contributed by atoms with Gasteiger partial charge in [-0.25, -0.2) is 17.6 Å². The highest BCUT2D eigenvalue weighted by molar-refractivity contribution is 5.35. The van der Waals surface area contributed by atoms with Crippen LogP contribution in [0.1, 0.15) is 81.0 Å². The molecule has 4 nitrogen and oxygen atoms in total. The van der Waals surface area contributed by atoms with Crippen molar-refractivity contribution in [3.63, 3.8) is 0 Å². The zero-order valence-corrected chi connectivity index (χ0v) is 29.8. The van der Waals surface area contributed by atoms with E-state index in [1.807, 2.05) is 0 Å². The molecule has 0 heterocycles. The number of aryl methyl sites for hydroxylation is 4. The van der Waals surface area contributed by atoms with Crippen molar-refractivity contribution < 1.29 is 54.4 Å². The lowest BCUT2D eigenvalue weighted by Gasteiger charge is -2.15. The quantitative estimate of drug-likeness (QED) is 0.0680. The molecule has 1 N–H and O–H groups in total. The minimum atomic E-state index is -1.39. The highest BCUT2D eigenvalue weighted by atomic mass is 19.2. The molecule has 0 aliphatic heterocycles. The minimum absolute atomic E-state index is 0.0143. The van der Waals surface area contributed by atoms with Crippen LogP contribution in [0.2, 0.25) is 0 Å². The molecule has 0 spiro atoms. The van der Waals surface area contributed by atoms with Gasteiger partial charge in [-0.1, -0.05) is 50.5 Å². The molecule has 0 saturated heterocycles. The van der Waals surface area contributed by atoms with Crippen molar-refractivity contribution in [2.75, 3.05) is 19.8 Å². The summed E-state index contributed by atoms with van der Waals surface area (Å²) in [5, 5.41) is 9.25. The molecule has 0 fully saturated rings. The molecule has 288 valence electrons. The number of phenols is 1. The normalized spacial score (nSPS) is 11.9. The van der Waals surface area contributed by atoms with E-state index < -0.39 is 52.3 Å². The first-order chi connectivity index (χ1) is 25.5. The Morgan fingerprint density at radius 1 is 0.453 bits per heavy atom. The molecular weight excluding hydrogens is 708 g/mol. The van der Waals surface area contributed by atoms with Crippen LogP contribution in [0.3, 0.4) is 0 Å². The van der Waals surface area contributed by atoms with E-state index in [-0.39, 0.29) is 85.0 Å². The molecule has 53 heavy (non-hydrogen) atoms. The fourth-order valence-corrected chi connectivity index (χ4v) is 6.08. The third kappa shape index (κ3) is 11.0. The number of hydrogen-bond donors (Lipinski definition) is 1. The van der Waals surface area contributed by atoms with Gasteiger partial charge in [0.2, 0.25) is 23.3 Å². The molecule has 0 aliphatic rings. The van der Waals surface area contributed by atoms with Crippen LogP contribution in [0.5, 0.6) is 23.0 Å². The molecule has 0 radical (unpaired) electrons. The highest BCUT2D eigenvalue weighted by Gasteiger charge is 2.19. The lowest BCUT2D eigenvalue weighted by atomic mass is 9.93. The number of phenolic OH excluding ortho intramolecular Hbond substituents is 1. The van der Waals surface area contributed by atoms with E-state index in [9.17, 15) is 40.2 Å². The summed E-state index contributed by atoms with van der Waals surface area (Å²) in [6.45, 7) is 4.25. The van der Waals surface area contributed by atoms with Gasteiger partial charge in [-0.05, 0) is 111 Å². The number of ether oxygens (including phenoxy) is 3. The van der Waals surface area contributed by atoms with Crippen LogP contribution >= 0.6 is 0 Å². The summed E-state index contributed by atoms with van der Waals surface area (Å²) < 4.78 is 131. The number of rotatable bonds is 21. The molecule has 12 heteroatoms. The van der Waals surface area contributed by atoms with Crippen LogP contribution in [0.15, 0.2) is 48.5 Å². The van der Waals surface area contributed by atoms with Crippen molar-refractivity contribution in [2.45, 2.75) is 84.5 Å². The minimum Gasteiger partial charge on any atom is -0.505 e. The summed E-state index contributed by atoms with van der Waals surface area (Å²) >= 11 is 0. The van der Waals surface area contributed by atoms with Crippen LogP contribution in [0.25, 0.3) is 0 Å². The molecule has 1 atom stereocenters. The van der Waals surface area contributed by atoms with Gasteiger partial charge in [0.25, 0.3) is 0 Å². The van der Waals surface area contributed by atoms with Gasteiger partial charge in [-0.2, -0.15) is 17.6 Å². The fourth-order valence-electron chi connectivity index (χ4n) is 6.08. The molecule has 0 aromatic heterocycles. The largest absolute Gasteiger partial charge is 0.505 e. The zero-order chi connectivity index (χ0) is 38.5. The maximum Gasteiger partial charge on any atom is 0.200 e. The average Bonchev–Trinajstić information content (AvgIpc) is 3.15. The molecule has 0 aliphatic carbocycles. The Morgan fingerprint density at radius 3 is 1.19 bits per heavy atom. The van der Waals surface area contributed by atoms with Crippen molar-refractivity contribution in [1.82, 2.24) is 0 Å². The standard InChI is InChI=1S/C41H44F8O4/c1-3-25(9-5-7-23-52-32-21-17-28(36(44)40(32)48)12-11-26-15-19-30(50)38(46)34(26)42)10-6-8-24-53-33-22-18-29(37(45)41(33)49)14-13-27-16-20-31(51-4-2)39(47)35(27)43/h15-22,25,50H,3-14,23-24H2,1-2H3. The SMILES string of the molecule is CCOc1ccc(CCc2ccc(OCCCCC(CC)CCCCOc3ccc(CCc4ccc(O)c(F)c4F)c(F)c3F)c(F)c2F)c(F)c1F. The van der Waals surface area contributed by atoms with Gasteiger partial charge >= 0.3 is 0 Å². The third-order valence-electron chi connectivity index (χ3n) is 9.26. The topological polar surface area (TPSA) is 47.9 Å². The van der Waals surface area contributed by atoms with Gasteiger partial charge in [-0.3, -0.25) is 0 Å². The highest BCUT2D eigenvalue weighted by Crippen LogP contribution is 2.29. The van der Waals surface area contributed by atoms with Gasteiger partial charge in [-0.15, -0.1) is 0 Å². The summed E-state index contributed by atoms with van der Waals surface area (Å²) in [5.41, 5.74) is -0.0323. The Labute approximate surface area is 304 Å². The Kier molecular flexibility index (Phi) is 15.7. The molecule has 0 bridgehead atoms. The Bertz CT molecular complexity index is 1820. The van der Waals surface area contributed by atoms with Crippen molar-refractivity contribution >= 4 is 0 Å². The monoisotopic (exact) mass is 752 g/mol. The van der Waals surface area contributed by atoms with E-state index in [0.29, 0.717) is 18.8 Å². The first-order valence-electron chi connectivity index (χ1n) is 17.9. The molecule has 0 saturated carbocycles. The van der Waals surface area contributed by atoms with Gasteiger partial charge in [0.1, 0.15) is 0 Å². The first-order valence-corrected chi connectivity index (χ1v) is 17.9. The van der Waals surface area contributed by atoms with Gasteiger partial charge in [0, 0.05) is 0 Å². The second-order valence-corrected chi connectivity index (χ2v) is 12.8. The van der Waals surface area contributed by atoms with Crippen molar-refractivity contribution in [3.8, 4) is 23.0 Å². The Morgan fingerprint density at radius 2 is 0.811 bits per heavy atom. The van der Waals surface area contributed by atoms with Crippen molar-refractivity contribution in [1.29, 1.82) is 0 Å². The number of hydrogen-bond acceptors (Lipinski definition) is 4. The predicted octanol–water partition coefficient (Wildman–Crippen LogP) is 11.3. The summed E-state index contributed by atoms with van der Waals surface area (Å²) in [6, 6.07) is 10.2. The number of unbranched alkanes of at least 4 members (excludes halogenated alkanes) is 2. The summed E-state index contributed by atoms with van der Waals surface area (Å²) in [6.07, 6.45) is 5.27.